The third-order valence-corrected chi connectivity index (χ3v) is 3.31. The van der Waals surface area contributed by atoms with E-state index in [1.54, 1.807) is 0 Å². The number of carboxylic acids is 1. The van der Waals surface area contributed by atoms with Crippen molar-refractivity contribution < 1.29 is 14.8 Å². The minimum Gasteiger partial charge on any atom is -0.544 e. The summed E-state index contributed by atoms with van der Waals surface area (Å²) >= 11 is 5.85. The van der Waals surface area contributed by atoms with Gasteiger partial charge in [0.1, 0.15) is 19.6 Å². The molecule has 3 nitrogen and oxygen atoms in total. The number of benzene rings is 2. The Kier molecular flexibility index (Phi) is 5.16. The molecule has 1 unspecified atom stereocenters. The summed E-state index contributed by atoms with van der Waals surface area (Å²) in [5, 5.41) is 11.6. The average Bonchev–Trinajstić information content (AvgIpc) is 2.42. The van der Waals surface area contributed by atoms with Crippen LogP contribution in [0.15, 0.2) is 54.6 Å². The molecule has 0 saturated heterocycles. The number of carbonyl (C=O) groups is 1. The lowest BCUT2D eigenvalue weighted by molar-refractivity contribution is -0.922. The van der Waals surface area contributed by atoms with Gasteiger partial charge in [0.15, 0.2) is 0 Å². The Morgan fingerprint density at radius 2 is 1.50 bits per heavy atom. The summed E-state index contributed by atoms with van der Waals surface area (Å²) in [6.07, 6.45) is 0. The standard InChI is InChI=1S/C16H16ClNO2/c17-15-8-6-14(7-9-15)11-18(12-16(19)20)10-13-4-2-1-3-5-13/h1-9H,10-12H2,(H,19,20). The van der Waals surface area contributed by atoms with Crippen molar-refractivity contribution in [3.63, 3.8) is 0 Å². The predicted molar refractivity (Wildman–Crippen MR) is 76.1 cm³/mol. The van der Waals surface area contributed by atoms with Crippen LogP contribution in [0.5, 0.6) is 0 Å². The summed E-state index contributed by atoms with van der Waals surface area (Å²) < 4.78 is 0. The summed E-state index contributed by atoms with van der Waals surface area (Å²) in [6, 6.07) is 17.3. The van der Waals surface area contributed by atoms with Gasteiger partial charge in [0.25, 0.3) is 0 Å². The number of carboxylic acid groups (broad SMARTS) is 1. The number of hydrogen-bond acceptors (Lipinski definition) is 2. The molecule has 2 rings (SSSR count). The predicted octanol–water partition coefficient (Wildman–Crippen LogP) is 0.675. The molecular weight excluding hydrogens is 274 g/mol. The van der Waals surface area contributed by atoms with E-state index in [1.807, 2.05) is 54.6 Å². The van der Waals surface area contributed by atoms with E-state index >= 15 is 0 Å². The molecular formula is C16H16ClNO2. The van der Waals surface area contributed by atoms with Gasteiger partial charge in [-0.3, -0.25) is 0 Å². The third-order valence-electron chi connectivity index (χ3n) is 3.06. The van der Waals surface area contributed by atoms with Gasteiger partial charge in [0, 0.05) is 16.1 Å². The van der Waals surface area contributed by atoms with E-state index in [4.69, 9.17) is 11.6 Å². The van der Waals surface area contributed by atoms with Crippen LogP contribution in [0, 0.1) is 0 Å². The zero-order valence-electron chi connectivity index (χ0n) is 11.0. The minimum atomic E-state index is -1.04. The normalized spacial score (nSPS) is 12.1. The molecule has 4 heteroatoms. The topological polar surface area (TPSA) is 44.6 Å². The van der Waals surface area contributed by atoms with Crippen molar-refractivity contribution in [1.82, 2.24) is 0 Å². The molecule has 0 aliphatic heterocycles. The lowest BCUT2D eigenvalue weighted by Gasteiger charge is -2.20. The molecule has 0 bridgehead atoms. The van der Waals surface area contributed by atoms with Crippen molar-refractivity contribution in [2.45, 2.75) is 13.1 Å². The van der Waals surface area contributed by atoms with E-state index in [9.17, 15) is 9.90 Å². The summed E-state index contributed by atoms with van der Waals surface area (Å²) in [6.45, 7) is 1.26. The number of rotatable bonds is 6. The number of nitrogens with one attached hydrogen (secondary N) is 1. The van der Waals surface area contributed by atoms with Crippen LogP contribution < -0.4 is 10.0 Å². The highest BCUT2D eigenvalue weighted by Crippen LogP contribution is 2.08. The summed E-state index contributed by atoms with van der Waals surface area (Å²) in [4.78, 5) is 11.8. The summed E-state index contributed by atoms with van der Waals surface area (Å²) in [5.41, 5.74) is 2.17. The Hall–Kier alpha value is -1.84. The fourth-order valence-electron chi connectivity index (χ4n) is 2.17. The molecule has 0 fully saturated rings. The second-order valence-corrected chi connectivity index (χ2v) is 5.20. The first-order chi connectivity index (χ1) is 9.63. The van der Waals surface area contributed by atoms with Crippen LogP contribution in [-0.2, 0) is 17.9 Å². The molecule has 0 saturated carbocycles. The van der Waals surface area contributed by atoms with Gasteiger partial charge in [-0.2, -0.15) is 0 Å². The largest absolute Gasteiger partial charge is 0.544 e. The number of carbonyl (C=O) groups excluding carboxylic acids is 1. The van der Waals surface area contributed by atoms with Crippen molar-refractivity contribution in [2.24, 2.45) is 0 Å². The summed E-state index contributed by atoms with van der Waals surface area (Å²) in [5.74, 6) is -1.04. The maximum Gasteiger partial charge on any atom is 0.118 e. The van der Waals surface area contributed by atoms with Gasteiger partial charge < -0.3 is 14.8 Å². The third kappa shape index (κ3) is 4.68. The molecule has 2 aromatic rings. The monoisotopic (exact) mass is 289 g/mol. The lowest BCUT2D eigenvalue weighted by atomic mass is 10.1. The molecule has 0 amide bonds. The van der Waals surface area contributed by atoms with Crippen LogP contribution in [0.3, 0.4) is 0 Å². The SMILES string of the molecule is O=C([O-])C[NH+](Cc1ccccc1)Cc1ccc(Cl)cc1. The van der Waals surface area contributed by atoms with Gasteiger partial charge in [-0.05, 0) is 12.1 Å². The van der Waals surface area contributed by atoms with E-state index in [1.165, 1.54) is 0 Å². The van der Waals surface area contributed by atoms with Gasteiger partial charge >= 0.3 is 0 Å². The first-order valence-corrected chi connectivity index (χ1v) is 6.83. The van der Waals surface area contributed by atoms with Crippen LogP contribution in [0.25, 0.3) is 0 Å². The van der Waals surface area contributed by atoms with E-state index in [0.29, 0.717) is 18.1 Å². The van der Waals surface area contributed by atoms with Gasteiger partial charge in [-0.1, -0.05) is 54.1 Å². The van der Waals surface area contributed by atoms with E-state index in [-0.39, 0.29) is 6.54 Å². The Bertz CT molecular complexity index is 554. The molecule has 1 atom stereocenters. The van der Waals surface area contributed by atoms with Crippen LogP contribution in [0.4, 0.5) is 0 Å². The minimum absolute atomic E-state index is 0.0163. The van der Waals surface area contributed by atoms with Gasteiger partial charge in [0.05, 0.1) is 5.97 Å². The average molecular weight is 290 g/mol. The van der Waals surface area contributed by atoms with Crippen LogP contribution in [0.2, 0.25) is 5.02 Å². The highest BCUT2D eigenvalue weighted by molar-refractivity contribution is 6.30. The van der Waals surface area contributed by atoms with Gasteiger partial charge in [-0.15, -0.1) is 0 Å². The number of hydrogen-bond donors (Lipinski definition) is 1. The number of aliphatic carboxylic acids is 1. The Morgan fingerprint density at radius 3 is 2.05 bits per heavy atom. The first-order valence-electron chi connectivity index (χ1n) is 6.45. The molecule has 0 aliphatic carbocycles. The Labute approximate surface area is 123 Å². The highest BCUT2D eigenvalue weighted by Gasteiger charge is 2.11. The fraction of sp³-hybridized carbons (Fsp3) is 0.188. The molecule has 2 aromatic carbocycles. The van der Waals surface area contributed by atoms with Crippen LogP contribution in [-0.4, -0.2) is 12.5 Å². The van der Waals surface area contributed by atoms with Crippen molar-refractivity contribution in [3.8, 4) is 0 Å². The second-order valence-electron chi connectivity index (χ2n) is 4.76. The molecule has 0 aromatic heterocycles. The zero-order valence-corrected chi connectivity index (χ0v) is 11.8. The van der Waals surface area contributed by atoms with Crippen molar-refractivity contribution in [3.05, 3.63) is 70.7 Å². The zero-order chi connectivity index (χ0) is 14.4. The molecule has 0 spiro atoms. The van der Waals surface area contributed by atoms with E-state index < -0.39 is 5.97 Å². The molecule has 0 heterocycles. The van der Waals surface area contributed by atoms with E-state index in [2.05, 4.69) is 0 Å². The Balaban J connectivity index is 2.07. The van der Waals surface area contributed by atoms with Crippen molar-refractivity contribution in [1.29, 1.82) is 0 Å². The van der Waals surface area contributed by atoms with E-state index in [0.717, 1.165) is 16.0 Å². The molecule has 104 valence electrons. The summed E-state index contributed by atoms with van der Waals surface area (Å²) in [7, 11) is 0. The maximum atomic E-state index is 10.9. The van der Waals surface area contributed by atoms with Crippen LogP contribution in [0.1, 0.15) is 11.1 Å². The maximum absolute atomic E-state index is 10.9. The van der Waals surface area contributed by atoms with Crippen LogP contribution >= 0.6 is 11.6 Å². The quantitative estimate of drug-likeness (QED) is 0.850. The molecule has 1 N–H and O–H groups in total. The number of quaternary nitrogens is 1. The molecule has 0 aliphatic rings. The van der Waals surface area contributed by atoms with Crippen molar-refractivity contribution >= 4 is 17.6 Å². The number of halogens is 1. The Morgan fingerprint density at radius 1 is 0.950 bits per heavy atom. The lowest BCUT2D eigenvalue weighted by Crippen LogP contribution is -3.10. The van der Waals surface area contributed by atoms with Crippen molar-refractivity contribution in [2.75, 3.05) is 6.54 Å². The van der Waals surface area contributed by atoms with Gasteiger partial charge in [0.2, 0.25) is 0 Å². The molecule has 0 radical (unpaired) electrons. The smallest absolute Gasteiger partial charge is 0.118 e. The second kappa shape index (κ2) is 7.08. The fourth-order valence-corrected chi connectivity index (χ4v) is 2.29. The highest BCUT2D eigenvalue weighted by atomic mass is 35.5. The van der Waals surface area contributed by atoms with Gasteiger partial charge in [-0.25, -0.2) is 0 Å². The molecule has 20 heavy (non-hydrogen) atoms. The first kappa shape index (κ1) is 14.6.